The summed E-state index contributed by atoms with van der Waals surface area (Å²) in [5, 5.41) is 0. The fourth-order valence-electron chi connectivity index (χ4n) is 0.971. The van der Waals surface area contributed by atoms with Crippen LogP contribution in [0.1, 0.15) is 10.4 Å². The highest BCUT2D eigenvalue weighted by molar-refractivity contribution is 14.1. The molecule has 0 bridgehead atoms. The molecule has 4 heteroatoms. The van der Waals surface area contributed by atoms with Gasteiger partial charge in [-0.25, -0.2) is 4.79 Å². The van der Waals surface area contributed by atoms with E-state index in [4.69, 9.17) is 9.47 Å². The normalized spacial score (nSPS) is 10.3. The maximum Gasteiger partial charge on any atom is 0.338 e. The van der Waals surface area contributed by atoms with Crippen LogP contribution in [0, 0.1) is 0 Å². The highest BCUT2D eigenvalue weighted by Gasteiger charge is 2.05. The molecule has 0 fully saturated rings. The number of halogens is 1. The quantitative estimate of drug-likeness (QED) is 0.633. The summed E-state index contributed by atoms with van der Waals surface area (Å²) in [5.41, 5.74) is 0.526. The van der Waals surface area contributed by atoms with Crippen LogP contribution in [0.3, 0.4) is 0 Å². The van der Waals surface area contributed by atoms with E-state index in [0.717, 1.165) is 5.75 Å². The number of esters is 1. The lowest BCUT2D eigenvalue weighted by Crippen LogP contribution is -2.04. The van der Waals surface area contributed by atoms with Crippen molar-refractivity contribution in [3.05, 3.63) is 40.0 Å². The third-order valence-corrected chi connectivity index (χ3v) is 2.23. The minimum Gasteiger partial charge on any atom is -0.497 e. The molecule has 0 saturated carbocycles. The average Bonchev–Trinajstić information content (AvgIpc) is 2.29. The van der Waals surface area contributed by atoms with Crippen LogP contribution in [0.25, 0.3) is 0 Å². The van der Waals surface area contributed by atoms with Crippen molar-refractivity contribution in [2.75, 3.05) is 13.7 Å². The second-order valence-corrected chi connectivity index (χ2v) is 3.41. The molecule has 80 valence electrons. The van der Waals surface area contributed by atoms with Crippen molar-refractivity contribution < 1.29 is 14.3 Å². The van der Waals surface area contributed by atoms with Crippen molar-refractivity contribution in [2.24, 2.45) is 0 Å². The standard InChI is InChI=1S/C11H11IO3/c1-14-10-5-3-9(4-6-10)11(13)15-8-2-7-12/h2-7H,8H2,1H3/b7-2+. The van der Waals surface area contributed by atoms with Crippen LogP contribution in [0.2, 0.25) is 0 Å². The molecule has 0 saturated heterocycles. The van der Waals surface area contributed by atoms with Crippen molar-refractivity contribution in [3.8, 4) is 5.75 Å². The Morgan fingerprint density at radius 2 is 2.07 bits per heavy atom. The molecular weight excluding hydrogens is 307 g/mol. The van der Waals surface area contributed by atoms with Gasteiger partial charge in [0.05, 0.1) is 12.7 Å². The number of carbonyl (C=O) groups is 1. The Morgan fingerprint density at radius 3 is 2.60 bits per heavy atom. The number of hydrogen-bond donors (Lipinski definition) is 0. The van der Waals surface area contributed by atoms with Crippen molar-refractivity contribution in [1.29, 1.82) is 0 Å². The zero-order valence-corrected chi connectivity index (χ0v) is 10.4. The van der Waals surface area contributed by atoms with Crippen LogP contribution < -0.4 is 4.74 Å². The molecule has 0 unspecified atom stereocenters. The Hall–Kier alpha value is -1.04. The molecule has 0 aliphatic carbocycles. The predicted molar refractivity (Wildman–Crippen MR) is 66.4 cm³/mol. The van der Waals surface area contributed by atoms with Crippen LogP contribution in [-0.4, -0.2) is 19.7 Å². The summed E-state index contributed by atoms with van der Waals surface area (Å²) in [4.78, 5) is 11.4. The van der Waals surface area contributed by atoms with Gasteiger partial charge in [0.25, 0.3) is 0 Å². The third-order valence-electron chi connectivity index (χ3n) is 1.73. The Labute approximate surface area is 102 Å². The van der Waals surface area contributed by atoms with Gasteiger partial charge in [-0.05, 0) is 34.4 Å². The predicted octanol–water partition coefficient (Wildman–Crippen LogP) is 2.80. The molecule has 0 aliphatic rings. The smallest absolute Gasteiger partial charge is 0.338 e. The first-order valence-electron chi connectivity index (χ1n) is 4.34. The maximum atomic E-state index is 11.4. The second kappa shape index (κ2) is 6.44. The summed E-state index contributed by atoms with van der Waals surface area (Å²) in [7, 11) is 1.58. The van der Waals surface area contributed by atoms with E-state index < -0.39 is 0 Å². The second-order valence-electron chi connectivity index (χ2n) is 2.69. The molecule has 0 spiro atoms. The van der Waals surface area contributed by atoms with Crippen LogP contribution >= 0.6 is 22.6 Å². The Kier molecular flexibility index (Phi) is 5.17. The highest BCUT2D eigenvalue weighted by Crippen LogP contribution is 2.11. The summed E-state index contributed by atoms with van der Waals surface area (Å²) in [6, 6.07) is 6.80. The fraction of sp³-hybridized carbons (Fsp3) is 0.182. The Bertz CT molecular complexity index is 343. The SMILES string of the molecule is COc1ccc(C(=O)OC/C=C/I)cc1. The van der Waals surface area contributed by atoms with E-state index in [1.54, 1.807) is 41.5 Å². The molecule has 0 heterocycles. The average molecular weight is 318 g/mol. The van der Waals surface area contributed by atoms with E-state index >= 15 is 0 Å². The van der Waals surface area contributed by atoms with E-state index in [1.165, 1.54) is 0 Å². The van der Waals surface area contributed by atoms with Gasteiger partial charge in [0.15, 0.2) is 0 Å². The molecule has 3 nitrogen and oxygen atoms in total. The van der Waals surface area contributed by atoms with Gasteiger partial charge in [0.1, 0.15) is 12.4 Å². The summed E-state index contributed by atoms with van der Waals surface area (Å²) < 4.78 is 11.8. The molecule has 0 radical (unpaired) electrons. The number of carbonyl (C=O) groups excluding carboxylic acids is 1. The van der Waals surface area contributed by atoms with E-state index in [2.05, 4.69) is 22.6 Å². The first kappa shape index (κ1) is 12.0. The minimum atomic E-state index is -0.327. The van der Waals surface area contributed by atoms with Gasteiger partial charge in [-0.2, -0.15) is 0 Å². The molecule has 1 rings (SSSR count). The zero-order chi connectivity index (χ0) is 11.1. The third kappa shape index (κ3) is 3.91. The van der Waals surface area contributed by atoms with Gasteiger partial charge in [0.2, 0.25) is 0 Å². The molecule has 0 N–H and O–H groups in total. The lowest BCUT2D eigenvalue weighted by atomic mass is 10.2. The minimum absolute atomic E-state index is 0.299. The highest BCUT2D eigenvalue weighted by atomic mass is 127. The van der Waals surface area contributed by atoms with Gasteiger partial charge in [-0.1, -0.05) is 22.6 Å². The number of benzene rings is 1. The van der Waals surface area contributed by atoms with E-state index in [0.29, 0.717) is 12.2 Å². The summed E-state index contributed by atoms with van der Waals surface area (Å²) >= 11 is 2.07. The number of hydrogen-bond acceptors (Lipinski definition) is 3. The molecule has 15 heavy (non-hydrogen) atoms. The first-order valence-corrected chi connectivity index (χ1v) is 5.59. The molecule has 0 amide bonds. The fourth-order valence-corrected chi connectivity index (χ4v) is 1.18. The largest absolute Gasteiger partial charge is 0.497 e. The number of methoxy groups -OCH3 is 1. The summed E-state index contributed by atoms with van der Waals surface area (Å²) in [5.74, 6) is 0.394. The first-order chi connectivity index (χ1) is 7.27. The van der Waals surface area contributed by atoms with E-state index in [-0.39, 0.29) is 5.97 Å². The Balaban J connectivity index is 2.58. The van der Waals surface area contributed by atoms with Gasteiger partial charge < -0.3 is 9.47 Å². The van der Waals surface area contributed by atoms with Gasteiger partial charge in [-0.15, -0.1) is 0 Å². The molecule has 0 aromatic heterocycles. The van der Waals surface area contributed by atoms with Crippen molar-refractivity contribution in [2.45, 2.75) is 0 Å². The van der Waals surface area contributed by atoms with Crippen LogP contribution in [0.5, 0.6) is 5.75 Å². The zero-order valence-electron chi connectivity index (χ0n) is 8.27. The van der Waals surface area contributed by atoms with Gasteiger partial charge >= 0.3 is 5.97 Å². The number of rotatable bonds is 4. The van der Waals surface area contributed by atoms with E-state index in [1.807, 2.05) is 0 Å². The topological polar surface area (TPSA) is 35.5 Å². The molecule has 1 aromatic carbocycles. The van der Waals surface area contributed by atoms with Crippen LogP contribution in [0.4, 0.5) is 0 Å². The monoisotopic (exact) mass is 318 g/mol. The van der Waals surface area contributed by atoms with Gasteiger partial charge in [-0.3, -0.25) is 0 Å². The number of ether oxygens (including phenoxy) is 2. The van der Waals surface area contributed by atoms with E-state index in [9.17, 15) is 4.79 Å². The summed E-state index contributed by atoms with van der Waals surface area (Å²) in [6.07, 6.45) is 1.77. The molecular formula is C11H11IO3. The van der Waals surface area contributed by atoms with Crippen molar-refractivity contribution >= 4 is 28.6 Å². The lowest BCUT2D eigenvalue weighted by molar-refractivity contribution is 0.0549. The Morgan fingerprint density at radius 1 is 1.40 bits per heavy atom. The van der Waals surface area contributed by atoms with Crippen molar-refractivity contribution in [3.63, 3.8) is 0 Å². The molecule has 0 aliphatic heterocycles. The maximum absolute atomic E-state index is 11.4. The molecule has 0 atom stereocenters. The summed E-state index contributed by atoms with van der Waals surface area (Å²) in [6.45, 7) is 0.299. The molecule has 1 aromatic rings. The van der Waals surface area contributed by atoms with Crippen LogP contribution in [-0.2, 0) is 4.74 Å². The van der Waals surface area contributed by atoms with Gasteiger partial charge in [0, 0.05) is 0 Å². The lowest BCUT2D eigenvalue weighted by Gasteiger charge is -2.03. The van der Waals surface area contributed by atoms with Crippen molar-refractivity contribution in [1.82, 2.24) is 0 Å². The van der Waals surface area contributed by atoms with Crippen LogP contribution in [0.15, 0.2) is 34.4 Å².